The number of ether oxygens (including phenoxy) is 3. The molecule has 1 aromatic carbocycles. The Hall–Kier alpha value is -1.06. The lowest BCUT2D eigenvalue weighted by molar-refractivity contribution is -0.0318. The molecule has 1 aliphatic rings. The third kappa shape index (κ3) is 10.5. The van der Waals surface area contributed by atoms with Gasteiger partial charge in [-0.3, -0.25) is 4.99 Å². The minimum Gasteiger partial charge on any atom is -0.492 e. The zero-order valence-corrected chi connectivity index (χ0v) is 20.7. The van der Waals surface area contributed by atoms with Crippen molar-refractivity contribution in [2.75, 3.05) is 53.1 Å². The maximum atomic E-state index is 5.92. The number of benzene rings is 1. The summed E-state index contributed by atoms with van der Waals surface area (Å²) in [5, 5.41) is 3.35. The summed E-state index contributed by atoms with van der Waals surface area (Å²) in [6.45, 7) is 11.7. The van der Waals surface area contributed by atoms with Crippen molar-refractivity contribution in [2.45, 2.75) is 46.1 Å². The Morgan fingerprint density at radius 2 is 1.86 bits per heavy atom. The number of hydrogen-bond acceptors (Lipinski definition) is 4. The topological polar surface area (TPSA) is 55.3 Å². The molecular formula is C22H38IN3O3. The van der Waals surface area contributed by atoms with Gasteiger partial charge in [0.15, 0.2) is 5.96 Å². The molecule has 2 rings (SSSR count). The number of halogens is 1. The molecule has 1 aliphatic heterocycles. The van der Waals surface area contributed by atoms with E-state index in [-0.39, 0.29) is 24.0 Å². The first-order valence-electron chi connectivity index (χ1n) is 10.5. The van der Waals surface area contributed by atoms with E-state index in [1.54, 1.807) is 0 Å². The number of hydrogen-bond donors (Lipinski definition) is 1. The van der Waals surface area contributed by atoms with Crippen LogP contribution in [0.3, 0.4) is 0 Å². The monoisotopic (exact) mass is 519 g/mol. The third-order valence-corrected chi connectivity index (χ3v) is 4.67. The largest absolute Gasteiger partial charge is 0.492 e. The Morgan fingerprint density at radius 1 is 1.17 bits per heavy atom. The van der Waals surface area contributed by atoms with Gasteiger partial charge in [0.2, 0.25) is 0 Å². The minimum absolute atomic E-state index is 0. The van der Waals surface area contributed by atoms with Crippen molar-refractivity contribution in [1.29, 1.82) is 0 Å². The molecule has 0 unspecified atom stereocenters. The second kappa shape index (κ2) is 14.8. The smallest absolute Gasteiger partial charge is 0.193 e. The SMILES string of the molecule is CCNC(=NCCCOC1CCOCC1)N(C)CCOc1cc(C)cc(C)c1.I. The number of aliphatic imine (C=N–C) groups is 1. The van der Waals surface area contributed by atoms with E-state index in [0.29, 0.717) is 12.7 Å². The van der Waals surface area contributed by atoms with Gasteiger partial charge in [-0.25, -0.2) is 0 Å². The molecular weight excluding hydrogens is 481 g/mol. The van der Waals surface area contributed by atoms with Gasteiger partial charge in [-0.1, -0.05) is 6.07 Å². The fourth-order valence-electron chi connectivity index (χ4n) is 3.23. The summed E-state index contributed by atoms with van der Waals surface area (Å²) in [6, 6.07) is 6.30. The average molecular weight is 519 g/mol. The Kier molecular flexibility index (Phi) is 13.3. The number of nitrogens with one attached hydrogen (secondary N) is 1. The van der Waals surface area contributed by atoms with Gasteiger partial charge in [0, 0.05) is 40.0 Å². The van der Waals surface area contributed by atoms with E-state index in [1.807, 2.05) is 7.05 Å². The molecule has 1 fully saturated rings. The maximum Gasteiger partial charge on any atom is 0.193 e. The Morgan fingerprint density at radius 3 is 2.52 bits per heavy atom. The Labute approximate surface area is 193 Å². The number of likely N-dealkylation sites (N-methyl/N-ethyl adjacent to an activating group) is 1. The van der Waals surface area contributed by atoms with E-state index in [4.69, 9.17) is 19.2 Å². The molecule has 0 atom stereocenters. The van der Waals surface area contributed by atoms with Gasteiger partial charge in [0.05, 0.1) is 12.6 Å². The quantitative estimate of drug-likeness (QED) is 0.221. The minimum atomic E-state index is 0. The van der Waals surface area contributed by atoms with Crippen LogP contribution in [-0.2, 0) is 9.47 Å². The van der Waals surface area contributed by atoms with Crippen LogP contribution < -0.4 is 10.1 Å². The van der Waals surface area contributed by atoms with Gasteiger partial charge < -0.3 is 24.4 Å². The zero-order chi connectivity index (χ0) is 20.2. The first-order valence-corrected chi connectivity index (χ1v) is 10.5. The van der Waals surface area contributed by atoms with Crippen molar-refractivity contribution in [1.82, 2.24) is 10.2 Å². The summed E-state index contributed by atoms with van der Waals surface area (Å²) >= 11 is 0. The van der Waals surface area contributed by atoms with Crippen molar-refractivity contribution in [3.8, 4) is 5.75 Å². The van der Waals surface area contributed by atoms with Crippen molar-refractivity contribution < 1.29 is 14.2 Å². The number of guanidine groups is 1. The summed E-state index contributed by atoms with van der Waals surface area (Å²) < 4.78 is 17.2. The molecule has 1 N–H and O–H groups in total. The van der Waals surface area contributed by atoms with Crippen molar-refractivity contribution in [2.24, 2.45) is 4.99 Å². The van der Waals surface area contributed by atoms with Crippen LogP contribution in [0, 0.1) is 13.8 Å². The Balaban J connectivity index is 0.00000420. The van der Waals surface area contributed by atoms with Crippen LogP contribution in [0.4, 0.5) is 0 Å². The molecule has 0 bridgehead atoms. The number of rotatable bonds is 10. The van der Waals surface area contributed by atoms with Crippen LogP contribution in [0.5, 0.6) is 5.75 Å². The van der Waals surface area contributed by atoms with Gasteiger partial charge in [0.25, 0.3) is 0 Å². The van der Waals surface area contributed by atoms with Crippen molar-refractivity contribution >= 4 is 29.9 Å². The maximum absolute atomic E-state index is 5.92. The normalized spacial score (nSPS) is 15.0. The van der Waals surface area contributed by atoms with Crippen LogP contribution >= 0.6 is 24.0 Å². The summed E-state index contributed by atoms with van der Waals surface area (Å²) in [5.41, 5.74) is 2.45. The van der Waals surface area contributed by atoms with E-state index < -0.39 is 0 Å². The van der Waals surface area contributed by atoms with Crippen molar-refractivity contribution in [3.05, 3.63) is 29.3 Å². The molecule has 0 saturated carbocycles. The van der Waals surface area contributed by atoms with E-state index in [1.165, 1.54) is 11.1 Å². The summed E-state index contributed by atoms with van der Waals surface area (Å²) in [6.07, 6.45) is 3.31. The number of nitrogens with zero attached hydrogens (tertiary/aromatic N) is 2. The highest BCUT2D eigenvalue weighted by Gasteiger charge is 2.13. The molecule has 1 aromatic rings. The standard InChI is InChI=1S/C22H37N3O3.HI/c1-5-23-22(24-9-6-11-27-20-7-12-26-13-8-20)25(4)10-14-28-21-16-18(2)15-19(3)17-21;/h15-17,20H,5-14H2,1-4H3,(H,23,24);1H. The van der Waals surface area contributed by atoms with Crippen molar-refractivity contribution in [3.63, 3.8) is 0 Å². The molecule has 0 aromatic heterocycles. The fraction of sp³-hybridized carbons (Fsp3) is 0.682. The second-order valence-corrected chi connectivity index (χ2v) is 7.37. The van der Waals surface area contributed by atoms with E-state index in [2.05, 4.69) is 49.2 Å². The van der Waals surface area contributed by atoms with Gasteiger partial charge in [-0.15, -0.1) is 24.0 Å². The van der Waals surface area contributed by atoms with Gasteiger partial charge in [0.1, 0.15) is 12.4 Å². The molecule has 0 aliphatic carbocycles. The molecule has 0 radical (unpaired) electrons. The van der Waals surface area contributed by atoms with Crippen LogP contribution in [0.25, 0.3) is 0 Å². The molecule has 0 amide bonds. The van der Waals surface area contributed by atoms with Gasteiger partial charge >= 0.3 is 0 Å². The first-order chi connectivity index (χ1) is 13.6. The van der Waals surface area contributed by atoms with Crippen LogP contribution in [0.1, 0.15) is 37.3 Å². The second-order valence-electron chi connectivity index (χ2n) is 7.37. The summed E-state index contributed by atoms with van der Waals surface area (Å²) in [4.78, 5) is 6.84. The lowest BCUT2D eigenvalue weighted by atomic mass is 10.1. The highest BCUT2D eigenvalue weighted by Crippen LogP contribution is 2.16. The van der Waals surface area contributed by atoms with E-state index >= 15 is 0 Å². The molecule has 1 saturated heterocycles. The van der Waals surface area contributed by atoms with Gasteiger partial charge in [-0.2, -0.15) is 0 Å². The molecule has 29 heavy (non-hydrogen) atoms. The van der Waals surface area contributed by atoms with Crippen LogP contribution in [-0.4, -0.2) is 70.1 Å². The average Bonchev–Trinajstić information content (AvgIpc) is 2.67. The third-order valence-electron chi connectivity index (χ3n) is 4.67. The number of aryl methyl sites for hydroxylation is 2. The molecule has 7 heteroatoms. The highest BCUT2D eigenvalue weighted by molar-refractivity contribution is 14.0. The van der Waals surface area contributed by atoms with E-state index in [0.717, 1.165) is 70.4 Å². The first kappa shape index (κ1) is 26.0. The van der Waals surface area contributed by atoms with E-state index in [9.17, 15) is 0 Å². The zero-order valence-electron chi connectivity index (χ0n) is 18.4. The fourth-order valence-corrected chi connectivity index (χ4v) is 3.23. The lowest BCUT2D eigenvalue weighted by Crippen LogP contribution is -2.41. The predicted octanol–water partition coefficient (Wildman–Crippen LogP) is 3.78. The van der Waals surface area contributed by atoms with Gasteiger partial charge in [-0.05, 0) is 63.3 Å². The molecule has 6 nitrogen and oxygen atoms in total. The molecule has 1 heterocycles. The molecule has 0 spiro atoms. The van der Waals surface area contributed by atoms with Crippen LogP contribution in [0.15, 0.2) is 23.2 Å². The summed E-state index contributed by atoms with van der Waals surface area (Å²) in [5.74, 6) is 1.84. The molecule has 166 valence electrons. The predicted molar refractivity (Wildman–Crippen MR) is 130 cm³/mol. The van der Waals surface area contributed by atoms with Crippen LogP contribution in [0.2, 0.25) is 0 Å². The lowest BCUT2D eigenvalue weighted by Gasteiger charge is -2.23. The Bertz CT molecular complexity index is 587. The highest BCUT2D eigenvalue weighted by atomic mass is 127. The summed E-state index contributed by atoms with van der Waals surface area (Å²) in [7, 11) is 2.05.